The minimum atomic E-state index is -0.380. The maximum atomic E-state index is 13.5. The second-order valence-corrected chi connectivity index (χ2v) is 10.1. The van der Waals surface area contributed by atoms with Crippen molar-refractivity contribution in [2.24, 2.45) is 17.8 Å². The Morgan fingerprint density at radius 2 is 1.70 bits per heavy atom. The standard InChI is InChI=1S/C23H42N4O3/c1-16(2)13-19-22(29)27(12-9-24-19)20(14-17(3)4)23(30)26-10-7-18(8-11-26)15-21(28)25(5)6/h16-20,24H,7-15H2,1-6H3/t19-,20-/m0/s1. The van der Waals surface area contributed by atoms with E-state index >= 15 is 0 Å². The molecule has 0 spiro atoms. The Hall–Kier alpha value is -1.63. The normalized spacial score (nSPS) is 22.0. The van der Waals surface area contributed by atoms with Crippen molar-refractivity contribution in [1.82, 2.24) is 20.0 Å². The van der Waals surface area contributed by atoms with E-state index in [9.17, 15) is 14.4 Å². The van der Waals surface area contributed by atoms with Gasteiger partial charge in [-0.2, -0.15) is 0 Å². The molecule has 7 heteroatoms. The van der Waals surface area contributed by atoms with Crippen molar-refractivity contribution < 1.29 is 14.4 Å². The Kier molecular flexibility index (Phi) is 9.13. The molecular formula is C23H42N4O3. The van der Waals surface area contributed by atoms with Crippen LogP contribution in [-0.4, -0.2) is 84.8 Å². The first-order valence-corrected chi connectivity index (χ1v) is 11.6. The van der Waals surface area contributed by atoms with E-state index in [-0.39, 0.29) is 29.8 Å². The summed E-state index contributed by atoms with van der Waals surface area (Å²) >= 11 is 0. The Bertz CT molecular complexity index is 597. The van der Waals surface area contributed by atoms with E-state index in [4.69, 9.17) is 0 Å². The molecule has 2 fully saturated rings. The number of hydrogen-bond acceptors (Lipinski definition) is 4. The maximum Gasteiger partial charge on any atom is 0.245 e. The van der Waals surface area contributed by atoms with Gasteiger partial charge in [-0.3, -0.25) is 14.4 Å². The van der Waals surface area contributed by atoms with E-state index in [2.05, 4.69) is 33.0 Å². The van der Waals surface area contributed by atoms with Crippen molar-refractivity contribution in [3.63, 3.8) is 0 Å². The van der Waals surface area contributed by atoms with Crippen LogP contribution in [0.3, 0.4) is 0 Å². The number of piperazine rings is 1. The van der Waals surface area contributed by atoms with Gasteiger partial charge in [-0.1, -0.05) is 27.7 Å². The third-order valence-electron chi connectivity index (χ3n) is 6.28. The van der Waals surface area contributed by atoms with E-state index < -0.39 is 0 Å². The van der Waals surface area contributed by atoms with Crippen LogP contribution in [-0.2, 0) is 14.4 Å². The number of amides is 3. The highest BCUT2D eigenvalue weighted by molar-refractivity contribution is 5.90. The molecule has 0 aliphatic carbocycles. The summed E-state index contributed by atoms with van der Waals surface area (Å²) in [6, 6.07) is -0.571. The first kappa shape index (κ1) is 24.6. The number of hydrogen-bond donors (Lipinski definition) is 1. The van der Waals surface area contributed by atoms with E-state index in [0.717, 1.165) is 25.8 Å². The highest BCUT2D eigenvalue weighted by Gasteiger charge is 2.39. The van der Waals surface area contributed by atoms with Crippen LogP contribution >= 0.6 is 0 Å². The molecule has 2 rings (SSSR count). The first-order chi connectivity index (χ1) is 14.1. The summed E-state index contributed by atoms with van der Waals surface area (Å²) < 4.78 is 0. The van der Waals surface area contributed by atoms with Crippen LogP contribution in [0.1, 0.15) is 59.8 Å². The van der Waals surface area contributed by atoms with Crippen LogP contribution < -0.4 is 5.32 Å². The lowest BCUT2D eigenvalue weighted by molar-refractivity contribution is -0.150. The number of carbonyl (C=O) groups excluding carboxylic acids is 3. The molecule has 30 heavy (non-hydrogen) atoms. The molecule has 0 saturated carbocycles. The number of nitrogens with one attached hydrogen (secondary N) is 1. The molecule has 0 radical (unpaired) electrons. The highest BCUT2D eigenvalue weighted by atomic mass is 16.2. The average molecular weight is 423 g/mol. The van der Waals surface area contributed by atoms with Gasteiger partial charge >= 0.3 is 0 Å². The summed E-state index contributed by atoms with van der Waals surface area (Å²) in [7, 11) is 3.57. The van der Waals surface area contributed by atoms with Crippen LogP contribution in [0, 0.1) is 17.8 Å². The van der Waals surface area contributed by atoms with E-state index in [1.54, 1.807) is 19.0 Å². The van der Waals surface area contributed by atoms with Crippen molar-refractivity contribution in [3.05, 3.63) is 0 Å². The lowest BCUT2D eigenvalue weighted by Crippen LogP contribution is -2.62. The third-order valence-corrected chi connectivity index (χ3v) is 6.28. The zero-order valence-corrected chi connectivity index (χ0v) is 19.8. The van der Waals surface area contributed by atoms with Crippen LogP contribution in [0.5, 0.6) is 0 Å². The Labute approximate surface area is 182 Å². The molecule has 2 aliphatic rings. The number of piperidine rings is 1. The Morgan fingerprint density at radius 3 is 2.23 bits per heavy atom. The van der Waals surface area contributed by atoms with Gasteiger partial charge < -0.3 is 20.0 Å². The molecule has 172 valence electrons. The lowest BCUT2D eigenvalue weighted by Gasteiger charge is -2.42. The van der Waals surface area contributed by atoms with Gasteiger partial charge in [-0.15, -0.1) is 0 Å². The second-order valence-electron chi connectivity index (χ2n) is 10.1. The molecule has 0 unspecified atom stereocenters. The first-order valence-electron chi connectivity index (χ1n) is 11.6. The van der Waals surface area contributed by atoms with Crippen molar-refractivity contribution in [2.75, 3.05) is 40.3 Å². The molecule has 2 heterocycles. The van der Waals surface area contributed by atoms with Gasteiger partial charge in [-0.25, -0.2) is 0 Å². The van der Waals surface area contributed by atoms with Crippen molar-refractivity contribution in [3.8, 4) is 0 Å². The molecule has 0 aromatic rings. The predicted molar refractivity (Wildman–Crippen MR) is 119 cm³/mol. The van der Waals surface area contributed by atoms with Crippen molar-refractivity contribution in [1.29, 1.82) is 0 Å². The van der Waals surface area contributed by atoms with E-state index in [1.165, 1.54) is 0 Å². The maximum absolute atomic E-state index is 13.5. The second kappa shape index (κ2) is 11.1. The van der Waals surface area contributed by atoms with Crippen LogP contribution in [0.15, 0.2) is 0 Å². The summed E-state index contributed by atoms with van der Waals surface area (Å²) in [4.78, 5) is 44.0. The fraction of sp³-hybridized carbons (Fsp3) is 0.870. The van der Waals surface area contributed by atoms with Gasteiger partial charge in [0.1, 0.15) is 6.04 Å². The zero-order valence-electron chi connectivity index (χ0n) is 19.8. The number of nitrogens with zero attached hydrogens (tertiary/aromatic N) is 3. The summed E-state index contributed by atoms with van der Waals surface area (Å²) in [5.41, 5.74) is 0. The molecule has 2 aliphatic heterocycles. The molecule has 3 amide bonds. The van der Waals surface area contributed by atoms with Crippen LogP contribution in [0.25, 0.3) is 0 Å². The average Bonchev–Trinajstić information content (AvgIpc) is 2.67. The minimum absolute atomic E-state index is 0.0698. The zero-order chi connectivity index (χ0) is 22.4. The van der Waals surface area contributed by atoms with E-state index in [0.29, 0.717) is 50.2 Å². The number of carbonyl (C=O) groups is 3. The third kappa shape index (κ3) is 6.69. The highest BCUT2D eigenvalue weighted by Crippen LogP contribution is 2.25. The molecular weight excluding hydrogens is 380 g/mol. The van der Waals surface area contributed by atoms with Gasteiger partial charge in [0.2, 0.25) is 17.7 Å². The molecule has 0 bridgehead atoms. The Morgan fingerprint density at radius 1 is 1.07 bits per heavy atom. The fourth-order valence-electron chi connectivity index (χ4n) is 4.53. The minimum Gasteiger partial charge on any atom is -0.349 e. The molecule has 1 N–H and O–H groups in total. The quantitative estimate of drug-likeness (QED) is 0.649. The molecule has 7 nitrogen and oxygen atoms in total. The molecule has 2 saturated heterocycles. The van der Waals surface area contributed by atoms with Crippen molar-refractivity contribution >= 4 is 17.7 Å². The van der Waals surface area contributed by atoms with Gasteiger partial charge in [0.25, 0.3) is 0 Å². The predicted octanol–water partition coefficient (Wildman–Crippen LogP) is 1.96. The van der Waals surface area contributed by atoms with Crippen molar-refractivity contribution in [2.45, 2.75) is 71.9 Å². The SMILES string of the molecule is CC(C)C[C@@H]1NCCN([C@@H](CC(C)C)C(=O)N2CCC(CC(=O)N(C)C)CC2)C1=O. The summed E-state index contributed by atoms with van der Waals surface area (Å²) in [6.07, 6.45) is 3.75. The fourth-order valence-corrected chi connectivity index (χ4v) is 4.53. The summed E-state index contributed by atoms with van der Waals surface area (Å²) in [6.45, 7) is 11.1. The smallest absolute Gasteiger partial charge is 0.245 e. The molecule has 0 aromatic heterocycles. The van der Waals surface area contributed by atoms with Crippen LogP contribution in [0.4, 0.5) is 0 Å². The number of rotatable bonds is 8. The topological polar surface area (TPSA) is 73.0 Å². The summed E-state index contributed by atoms with van der Waals surface area (Å²) in [5.74, 6) is 1.40. The Balaban J connectivity index is 2.04. The van der Waals surface area contributed by atoms with E-state index in [1.807, 2.05) is 9.80 Å². The van der Waals surface area contributed by atoms with Gasteiger partial charge in [0.15, 0.2) is 0 Å². The number of likely N-dealkylation sites (tertiary alicyclic amines) is 1. The lowest BCUT2D eigenvalue weighted by atomic mass is 9.91. The van der Waals surface area contributed by atoms with Gasteiger partial charge in [0.05, 0.1) is 6.04 Å². The van der Waals surface area contributed by atoms with Crippen LogP contribution in [0.2, 0.25) is 0 Å². The largest absolute Gasteiger partial charge is 0.349 e. The van der Waals surface area contributed by atoms with Gasteiger partial charge in [0, 0.05) is 46.7 Å². The summed E-state index contributed by atoms with van der Waals surface area (Å²) in [5, 5.41) is 3.34. The monoisotopic (exact) mass is 422 g/mol. The van der Waals surface area contributed by atoms with Gasteiger partial charge in [-0.05, 0) is 43.4 Å². The molecule has 2 atom stereocenters. The molecule has 0 aromatic carbocycles.